The van der Waals surface area contributed by atoms with Crippen LogP contribution in [-0.2, 0) is 6.54 Å². The number of anilines is 1. The van der Waals surface area contributed by atoms with E-state index < -0.39 is 0 Å². The number of rotatable bonds is 7. The molecule has 3 aromatic rings. The first-order valence-electron chi connectivity index (χ1n) is 8.87. The predicted octanol–water partition coefficient (Wildman–Crippen LogP) is 3.21. The molecule has 0 saturated carbocycles. The van der Waals surface area contributed by atoms with Gasteiger partial charge in [-0.3, -0.25) is 0 Å². The third kappa shape index (κ3) is 4.67. The van der Waals surface area contributed by atoms with Gasteiger partial charge in [-0.1, -0.05) is 30.3 Å². The van der Waals surface area contributed by atoms with E-state index in [-0.39, 0.29) is 6.04 Å². The summed E-state index contributed by atoms with van der Waals surface area (Å²) in [5.74, 6) is 1.51. The van der Waals surface area contributed by atoms with Gasteiger partial charge in [0.1, 0.15) is 5.82 Å². The normalized spacial score (nSPS) is 12.3. The molecule has 6 nitrogen and oxygen atoms in total. The van der Waals surface area contributed by atoms with Crippen LogP contribution in [-0.4, -0.2) is 44.5 Å². The molecule has 0 saturated heterocycles. The van der Waals surface area contributed by atoms with Crippen LogP contribution in [0.5, 0.6) is 0 Å². The monoisotopic (exact) mass is 350 g/mol. The summed E-state index contributed by atoms with van der Waals surface area (Å²) < 4.78 is 1.81. The van der Waals surface area contributed by atoms with Crippen molar-refractivity contribution in [2.45, 2.75) is 33.4 Å². The molecule has 26 heavy (non-hydrogen) atoms. The van der Waals surface area contributed by atoms with Crippen LogP contribution in [0.4, 0.5) is 5.82 Å². The van der Waals surface area contributed by atoms with Crippen molar-refractivity contribution in [2.24, 2.45) is 0 Å². The van der Waals surface area contributed by atoms with E-state index >= 15 is 0 Å². The Morgan fingerprint density at radius 3 is 2.46 bits per heavy atom. The number of hydrogen-bond acceptors (Lipinski definition) is 5. The summed E-state index contributed by atoms with van der Waals surface area (Å²) in [6.45, 7) is 7.97. The van der Waals surface area contributed by atoms with Crippen LogP contribution in [0.25, 0.3) is 5.82 Å². The zero-order chi connectivity index (χ0) is 18.5. The Balaban J connectivity index is 1.56. The smallest absolute Gasteiger partial charge is 0.176 e. The number of nitrogens with one attached hydrogen (secondary N) is 1. The number of benzene rings is 1. The van der Waals surface area contributed by atoms with Gasteiger partial charge in [-0.2, -0.15) is 5.10 Å². The van der Waals surface area contributed by atoms with Gasteiger partial charge < -0.3 is 10.2 Å². The van der Waals surface area contributed by atoms with Crippen molar-refractivity contribution in [1.29, 1.82) is 0 Å². The quantitative estimate of drug-likeness (QED) is 0.709. The molecule has 0 aliphatic heterocycles. The fourth-order valence-corrected chi connectivity index (χ4v) is 3.10. The van der Waals surface area contributed by atoms with Crippen LogP contribution in [0, 0.1) is 13.8 Å². The van der Waals surface area contributed by atoms with E-state index in [4.69, 9.17) is 0 Å². The summed E-state index contributed by atoms with van der Waals surface area (Å²) in [4.78, 5) is 2.30. The summed E-state index contributed by atoms with van der Waals surface area (Å²) in [7, 11) is 2.13. The average molecular weight is 350 g/mol. The van der Waals surface area contributed by atoms with Gasteiger partial charge in [-0.25, -0.2) is 4.68 Å². The molecule has 0 aliphatic carbocycles. The molecule has 0 bridgehead atoms. The van der Waals surface area contributed by atoms with E-state index in [0.717, 1.165) is 36.1 Å². The molecule has 0 spiro atoms. The van der Waals surface area contributed by atoms with E-state index in [1.165, 1.54) is 5.56 Å². The van der Waals surface area contributed by atoms with Crippen LogP contribution in [0.15, 0.2) is 48.5 Å². The lowest BCUT2D eigenvalue weighted by molar-refractivity contribution is 0.316. The third-order valence-corrected chi connectivity index (χ3v) is 4.15. The Kier molecular flexibility index (Phi) is 5.63. The summed E-state index contributed by atoms with van der Waals surface area (Å²) in [6, 6.07) is 16.7. The molecule has 0 amide bonds. The third-order valence-electron chi connectivity index (χ3n) is 4.15. The lowest BCUT2D eigenvalue weighted by atomic mass is 10.2. The lowest BCUT2D eigenvalue weighted by Crippen LogP contribution is -2.32. The second kappa shape index (κ2) is 8.10. The average Bonchev–Trinajstić information content (AvgIpc) is 2.94. The van der Waals surface area contributed by atoms with Gasteiger partial charge in [0, 0.05) is 24.8 Å². The maximum Gasteiger partial charge on any atom is 0.176 e. The van der Waals surface area contributed by atoms with Gasteiger partial charge in [0.2, 0.25) is 0 Å². The standard InChI is InChI=1S/C20H26N6/c1-15-12-17(3)26(24-15)20-11-10-19(22-23-20)21-16(2)13-25(4)14-18-8-6-5-7-9-18/h5-12,16H,13-14H2,1-4H3,(H,21,22). The van der Waals surface area contributed by atoms with E-state index in [0.29, 0.717) is 0 Å². The van der Waals surface area contributed by atoms with Crippen LogP contribution < -0.4 is 5.32 Å². The van der Waals surface area contributed by atoms with E-state index in [9.17, 15) is 0 Å². The lowest BCUT2D eigenvalue weighted by Gasteiger charge is -2.22. The van der Waals surface area contributed by atoms with Crippen LogP contribution in [0.3, 0.4) is 0 Å². The summed E-state index contributed by atoms with van der Waals surface area (Å²) in [6.07, 6.45) is 0. The predicted molar refractivity (Wildman–Crippen MR) is 104 cm³/mol. The molecule has 0 fully saturated rings. The van der Waals surface area contributed by atoms with Crippen molar-refractivity contribution in [3.63, 3.8) is 0 Å². The highest BCUT2D eigenvalue weighted by Gasteiger charge is 2.09. The zero-order valence-electron chi connectivity index (χ0n) is 15.8. The number of aromatic nitrogens is 4. The largest absolute Gasteiger partial charge is 0.365 e. The van der Waals surface area contributed by atoms with Crippen LogP contribution in [0.2, 0.25) is 0 Å². The second-order valence-corrected chi connectivity index (χ2v) is 6.84. The number of hydrogen-bond donors (Lipinski definition) is 1. The molecule has 2 heterocycles. The Labute approximate surface area is 154 Å². The summed E-state index contributed by atoms with van der Waals surface area (Å²) in [5, 5.41) is 16.4. The first-order chi connectivity index (χ1) is 12.5. The van der Waals surface area contributed by atoms with Gasteiger partial charge in [0.25, 0.3) is 0 Å². The zero-order valence-corrected chi connectivity index (χ0v) is 15.8. The maximum atomic E-state index is 4.44. The van der Waals surface area contributed by atoms with Crippen molar-refractivity contribution in [3.05, 3.63) is 65.5 Å². The van der Waals surface area contributed by atoms with Crippen molar-refractivity contribution >= 4 is 5.82 Å². The molecule has 1 atom stereocenters. The topological polar surface area (TPSA) is 58.9 Å². The maximum absolute atomic E-state index is 4.44. The molecule has 2 aromatic heterocycles. The van der Waals surface area contributed by atoms with Crippen LogP contribution >= 0.6 is 0 Å². The van der Waals surface area contributed by atoms with Gasteiger partial charge in [-0.15, -0.1) is 10.2 Å². The number of nitrogens with zero attached hydrogens (tertiary/aromatic N) is 5. The molecule has 1 N–H and O–H groups in total. The SMILES string of the molecule is Cc1cc(C)n(-c2ccc(NC(C)CN(C)Cc3ccccc3)nn2)n1. The fraction of sp³-hybridized carbons (Fsp3) is 0.350. The molecule has 1 aromatic carbocycles. The molecule has 3 rings (SSSR count). The molecule has 0 aliphatic rings. The highest BCUT2D eigenvalue weighted by molar-refractivity contribution is 5.37. The van der Waals surface area contributed by atoms with Gasteiger partial charge in [-0.05, 0) is 51.6 Å². The van der Waals surface area contributed by atoms with Gasteiger partial charge in [0.15, 0.2) is 5.82 Å². The van der Waals surface area contributed by atoms with Crippen molar-refractivity contribution in [1.82, 2.24) is 24.9 Å². The Hall–Kier alpha value is -2.73. The molecule has 0 radical (unpaired) electrons. The first-order valence-corrected chi connectivity index (χ1v) is 8.87. The molecular formula is C20H26N6. The summed E-state index contributed by atoms with van der Waals surface area (Å²) >= 11 is 0. The fourth-order valence-electron chi connectivity index (χ4n) is 3.10. The van der Waals surface area contributed by atoms with Gasteiger partial charge in [0.05, 0.1) is 5.69 Å². The van der Waals surface area contributed by atoms with Crippen LogP contribution in [0.1, 0.15) is 23.9 Å². The Morgan fingerprint density at radius 2 is 1.85 bits per heavy atom. The highest BCUT2D eigenvalue weighted by Crippen LogP contribution is 2.11. The number of likely N-dealkylation sites (N-methyl/N-ethyl adjacent to an activating group) is 1. The minimum atomic E-state index is 0.262. The summed E-state index contributed by atoms with van der Waals surface area (Å²) in [5.41, 5.74) is 3.34. The van der Waals surface area contributed by atoms with Crippen molar-refractivity contribution in [3.8, 4) is 5.82 Å². The first kappa shape index (κ1) is 18.1. The molecule has 6 heteroatoms. The van der Waals surface area contributed by atoms with E-state index in [1.807, 2.05) is 42.8 Å². The number of aryl methyl sites for hydroxylation is 2. The Bertz CT molecular complexity index is 825. The highest BCUT2D eigenvalue weighted by atomic mass is 15.4. The molecular weight excluding hydrogens is 324 g/mol. The van der Waals surface area contributed by atoms with E-state index in [1.54, 1.807) is 0 Å². The minimum absolute atomic E-state index is 0.262. The van der Waals surface area contributed by atoms with Crippen molar-refractivity contribution in [2.75, 3.05) is 18.9 Å². The second-order valence-electron chi connectivity index (χ2n) is 6.84. The minimum Gasteiger partial charge on any atom is -0.365 e. The van der Waals surface area contributed by atoms with Crippen molar-refractivity contribution < 1.29 is 0 Å². The van der Waals surface area contributed by atoms with Gasteiger partial charge >= 0.3 is 0 Å². The van der Waals surface area contributed by atoms with E-state index in [2.05, 4.69) is 63.7 Å². The molecule has 1 unspecified atom stereocenters. The Morgan fingerprint density at radius 1 is 1.08 bits per heavy atom. The molecule has 136 valence electrons.